The quantitative estimate of drug-likeness (QED) is 0.367. The van der Waals surface area contributed by atoms with E-state index in [-0.39, 0.29) is 5.04 Å². The number of hydrogen-bond acceptors (Lipinski definition) is 3. The van der Waals surface area contributed by atoms with Crippen LogP contribution in [-0.4, -0.2) is 26.5 Å². The summed E-state index contributed by atoms with van der Waals surface area (Å²) in [6.45, 7) is 10.4. The summed E-state index contributed by atoms with van der Waals surface area (Å²) in [7, 11) is -0.472. The first-order valence-corrected chi connectivity index (χ1v) is 9.21. The molecule has 0 aliphatic heterocycles. The van der Waals surface area contributed by atoms with E-state index in [1.54, 1.807) is 7.11 Å². The Morgan fingerprint density at radius 1 is 1.16 bits per heavy atom. The molecule has 0 fully saturated rings. The minimum Gasteiger partial charge on any atom is -0.497 e. The second-order valence-electron chi connectivity index (χ2n) is 6.04. The van der Waals surface area contributed by atoms with Crippen molar-refractivity contribution in [2.75, 3.05) is 7.11 Å². The lowest BCUT2D eigenvalue weighted by Gasteiger charge is -2.37. The average Bonchev–Trinajstić information content (AvgIpc) is 2.27. The predicted molar refractivity (Wildman–Crippen MR) is 80.1 cm³/mol. The van der Waals surface area contributed by atoms with E-state index in [0.717, 1.165) is 11.3 Å². The molecule has 4 nitrogen and oxygen atoms in total. The van der Waals surface area contributed by atoms with Crippen LogP contribution in [-0.2, 0) is 4.53 Å². The fourth-order valence-electron chi connectivity index (χ4n) is 1.20. The van der Waals surface area contributed by atoms with Crippen LogP contribution in [0.4, 0.5) is 0 Å². The van der Waals surface area contributed by atoms with Gasteiger partial charge in [-0.05, 0) is 29.3 Å². The van der Waals surface area contributed by atoms with Gasteiger partial charge in [-0.15, -0.1) is 0 Å². The predicted octanol–water partition coefficient (Wildman–Crippen LogP) is 3.56. The summed E-state index contributed by atoms with van der Waals surface area (Å²) in [5.41, 5.74) is 0.787. The van der Waals surface area contributed by atoms with E-state index in [1.165, 1.54) is 6.21 Å². The lowest BCUT2D eigenvalue weighted by atomic mass is 10.2. The Morgan fingerprint density at radius 2 is 1.68 bits per heavy atom. The van der Waals surface area contributed by atoms with Crippen molar-refractivity contribution in [1.29, 1.82) is 0 Å². The standard InChI is InChI=1S/C14H23NO3Si/c1-14(2,3)19(5,6)18-15(16)11-12-7-9-13(17-4)10-8-12/h7-11H,1-6H3/b15-11+. The number of rotatable bonds is 4. The Kier molecular flexibility index (Phi) is 4.63. The lowest BCUT2D eigenvalue weighted by molar-refractivity contribution is -0.701. The Morgan fingerprint density at radius 3 is 2.11 bits per heavy atom. The molecule has 0 radical (unpaired) electrons. The van der Waals surface area contributed by atoms with Crippen LogP contribution in [0.25, 0.3) is 0 Å². The smallest absolute Gasteiger partial charge is 0.239 e. The van der Waals surface area contributed by atoms with Crippen LogP contribution < -0.4 is 4.74 Å². The van der Waals surface area contributed by atoms with Crippen LogP contribution in [0.3, 0.4) is 0 Å². The molecule has 0 aliphatic rings. The van der Waals surface area contributed by atoms with Crippen LogP contribution in [0.1, 0.15) is 26.3 Å². The highest BCUT2D eigenvalue weighted by Crippen LogP contribution is 2.36. The van der Waals surface area contributed by atoms with Gasteiger partial charge in [0.05, 0.1) is 7.11 Å². The van der Waals surface area contributed by atoms with E-state index in [1.807, 2.05) is 37.4 Å². The second kappa shape index (κ2) is 5.65. The lowest BCUT2D eigenvalue weighted by Crippen LogP contribution is -2.43. The van der Waals surface area contributed by atoms with E-state index >= 15 is 0 Å². The molecular weight excluding hydrogens is 258 g/mol. The van der Waals surface area contributed by atoms with Crippen molar-refractivity contribution in [3.05, 3.63) is 35.0 Å². The maximum atomic E-state index is 11.9. The highest BCUT2D eigenvalue weighted by atomic mass is 28.4. The number of ether oxygens (including phenoxy) is 1. The highest BCUT2D eigenvalue weighted by Gasteiger charge is 2.36. The van der Waals surface area contributed by atoms with Gasteiger partial charge in [0.2, 0.25) is 6.21 Å². The van der Waals surface area contributed by atoms with Gasteiger partial charge in [-0.3, -0.25) is 5.21 Å². The third-order valence-corrected chi connectivity index (χ3v) is 7.74. The van der Waals surface area contributed by atoms with Crippen LogP contribution in [0.2, 0.25) is 18.1 Å². The summed E-state index contributed by atoms with van der Waals surface area (Å²) in [5.74, 6) is 0.764. The largest absolute Gasteiger partial charge is 0.497 e. The molecule has 1 aromatic carbocycles. The topological polar surface area (TPSA) is 44.5 Å². The van der Waals surface area contributed by atoms with E-state index in [4.69, 9.17) is 9.26 Å². The zero-order valence-electron chi connectivity index (χ0n) is 12.6. The molecule has 106 valence electrons. The van der Waals surface area contributed by atoms with Gasteiger partial charge in [0, 0.05) is 10.5 Å². The summed E-state index contributed by atoms with van der Waals surface area (Å²) in [6, 6.07) is 7.26. The van der Waals surface area contributed by atoms with Crippen molar-refractivity contribution in [2.45, 2.75) is 38.9 Å². The maximum absolute atomic E-state index is 11.9. The first kappa shape index (κ1) is 15.6. The molecule has 0 unspecified atom stereocenters. The van der Waals surface area contributed by atoms with Gasteiger partial charge < -0.3 is 9.26 Å². The molecule has 0 aromatic heterocycles. The van der Waals surface area contributed by atoms with E-state index in [9.17, 15) is 5.21 Å². The van der Waals surface area contributed by atoms with Gasteiger partial charge in [0.25, 0.3) is 0 Å². The third kappa shape index (κ3) is 4.27. The van der Waals surface area contributed by atoms with E-state index in [0.29, 0.717) is 4.90 Å². The van der Waals surface area contributed by atoms with Crippen molar-refractivity contribution >= 4 is 14.5 Å². The molecule has 0 saturated heterocycles. The summed E-state index contributed by atoms with van der Waals surface area (Å²) in [5, 5.41) is 11.9. The fraction of sp³-hybridized carbons (Fsp3) is 0.500. The van der Waals surface area contributed by atoms with E-state index < -0.39 is 8.32 Å². The molecule has 0 spiro atoms. The molecule has 0 N–H and O–H groups in total. The minimum absolute atomic E-state index is 0.00338. The molecule has 19 heavy (non-hydrogen) atoms. The van der Waals surface area contributed by atoms with Crippen LogP contribution >= 0.6 is 0 Å². The van der Waals surface area contributed by atoms with Crippen LogP contribution in [0, 0.1) is 5.21 Å². The average molecular weight is 281 g/mol. The summed E-state index contributed by atoms with van der Waals surface area (Å²) in [4.78, 5) is 0.583. The van der Waals surface area contributed by atoms with Gasteiger partial charge in [0.1, 0.15) is 5.75 Å². The first-order chi connectivity index (χ1) is 8.65. The Bertz CT molecular complexity index is 447. The molecule has 0 bridgehead atoms. The number of hydrogen-bond donors (Lipinski definition) is 0. The zero-order valence-corrected chi connectivity index (χ0v) is 13.6. The fourth-order valence-corrected chi connectivity index (χ4v) is 1.98. The molecular formula is C14H23NO3Si. The van der Waals surface area contributed by atoms with Gasteiger partial charge >= 0.3 is 0 Å². The van der Waals surface area contributed by atoms with Gasteiger partial charge in [0.15, 0.2) is 8.32 Å². The van der Waals surface area contributed by atoms with E-state index in [2.05, 4.69) is 20.8 Å². The number of benzene rings is 1. The summed E-state index contributed by atoms with van der Waals surface area (Å²) >= 11 is 0. The molecule has 0 atom stereocenters. The van der Waals surface area contributed by atoms with Crippen molar-refractivity contribution < 1.29 is 14.2 Å². The molecule has 1 aromatic rings. The molecule has 5 heteroatoms. The Labute approximate surface area is 116 Å². The molecule has 0 saturated carbocycles. The highest BCUT2D eigenvalue weighted by molar-refractivity contribution is 6.73. The first-order valence-electron chi connectivity index (χ1n) is 6.30. The summed E-state index contributed by atoms with van der Waals surface area (Å²) < 4.78 is 10.7. The van der Waals surface area contributed by atoms with Gasteiger partial charge in [-0.2, -0.15) is 0 Å². The van der Waals surface area contributed by atoms with Crippen molar-refractivity contribution in [1.82, 2.24) is 0 Å². The van der Waals surface area contributed by atoms with Crippen LogP contribution in [0.5, 0.6) is 5.75 Å². The molecule has 0 heterocycles. The van der Waals surface area contributed by atoms with Gasteiger partial charge in [-0.1, -0.05) is 33.9 Å². The Hall–Kier alpha value is -1.49. The van der Waals surface area contributed by atoms with Crippen molar-refractivity contribution in [2.24, 2.45) is 0 Å². The maximum Gasteiger partial charge on any atom is 0.239 e. The minimum atomic E-state index is -2.08. The molecule has 0 aliphatic carbocycles. The zero-order chi connectivity index (χ0) is 14.7. The SMILES string of the molecule is COc1ccc(/C=[N+](\[O-])O[Si](C)(C)C(C)(C)C)cc1. The normalized spacial score (nSPS) is 13.3. The monoisotopic (exact) mass is 281 g/mol. The van der Waals surface area contributed by atoms with Crippen LogP contribution in [0.15, 0.2) is 24.3 Å². The number of methoxy groups -OCH3 is 1. The molecule has 1 rings (SSSR count). The summed E-state index contributed by atoms with van der Waals surface area (Å²) in [6.07, 6.45) is 1.44. The molecule has 0 amide bonds. The Balaban J connectivity index is 2.82. The third-order valence-electron chi connectivity index (χ3n) is 3.49. The van der Waals surface area contributed by atoms with Crippen molar-refractivity contribution in [3.63, 3.8) is 0 Å². The second-order valence-corrected chi connectivity index (χ2v) is 10.7. The van der Waals surface area contributed by atoms with Gasteiger partial charge in [-0.25, -0.2) is 0 Å². The van der Waals surface area contributed by atoms with Crippen molar-refractivity contribution in [3.8, 4) is 5.75 Å². The number of nitrogens with zero attached hydrogens (tertiary/aromatic N) is 1.